The fourth-order valence-corrected chi connectivity index (χ4v) is 2.90. The lowest BCUT2D eigenvalue weighted by molar-refractivity contribution is 0.383. The second-order valence-corrected chi connectivity index (χ2v) is 5.41. The monoisotopic (exact) mass is 288 g/mol. The quantitative estimate of drug-likeness (QED) is 0.685. The zero-order valence-corrected chi connectivity index (χ0v) is 10.9. The molecule has 2 aromatic carbocycles. The van der Waals surface area contributed by atoms with Crippen molar-refractivity contribution in [2.75, 3.05) is 0 Å². The maximum Gasteiger partial charge on any atom is 0.503 e. The Bertz CT molecular complexity index is 916. The van der Waals surface area contributed by atoms with Crippen LogP contribution in [0.3, 0.4) is 0 Å². The van der Waals surface area contributed by atoms with E-state index in [9.17, 15) is 8.42 Å². The number of nitrogens with zero attached hydrogens (tertiary/aromatic N) is 2. The van der Waals surface area contributed by atoms with Crippen LogP contribution in [0.4, 0.5) is 0 Å². The number of rotatable bonds is 1. The summed E-state index contributed by atoms with van der Waals surface area (Å²) in [7, 11) is -4.15. The first-order valence-corrected chi connectivity index (χ1v) is 7.18. The van der Waals surface area contributed by atoms with E-state index in [-0.39, 0.29) is 11.8 Å². The van der Waals surface area contributed by atoms with E-state index in [1.807, 2.05) is 36.4 Å². The topological polar surface area (TPSA) is 70.4 Å². The van der Waals surface area contributed by atoms with Gasteiger partial charge in [-0.1, -0.05) is 24.3 Å². The molecular weight excluding hydrogens is 280 g/mol. The molecule has 2 bridgehead atoms. The number of para-hydroxylation sites is 2. The summed E-state index contributed by atoms with van der Waals surface area (Å²) in [5.41, 5.74) is 1.94. The third-order valence-electron chi connectivity index (χ3n) is 3.00. The molecule has 0 saturated heterocycles. The molecule has 100 valence electrons. The molecule has 1 aliphatic rings. The summed E-state index contributed by atoms with van der Waals surface area (Å²) in [5, 5.41) is 0. The Kier molecular flexibility index (Phi) is 2.11. The summed E-state index contributed by atoms with van der Waals surface area (Å²) < 4.78 is 34.8. The molecule has 20 heavy (non-hydrogen) atoms. The van der Waals surface area contributed by atoms with Gasteiger partial charge in [0, 0.05) is 0 Å². The number of hydrogen-bond donors (Lipinski definition) is 0. The third-order valence-corrected chi connectivity index (χ3v) is 3.74. The summed E-state index contributed by atoms with van der Waals surface area (Å²) >= 11 is 0. The molecule has 2 heterocycles. The van der Waals surface area contributed by atoms with E-state index in [1.165, 1.54) is 0 Å². The number of imidazole rings is 1. The maximum absolute atomic E-state index is 11.7. The Labute approximate surface area is 114 Å². The normalized spacial score (nSPS) is 15.6. The van der Waals surface area contributed by atoms with Crippen LogP contribution in [0.5, 0.6) is 11.8 Å². The van der Waals surface area contributed by atoms with E-state index in [0.29, 0.717) is 5.52 Å². The minimum atomic E-state index is -4.15. The highest BCUT2D eigenvalue weighted by molar-refractivity contribution is 7.82. The average Bonchev–Trinajstić information content (AvgIpc) is 2.70. The fourth-order valence-electron chi connectivity index (χ4n) is 2.22. The van der Waals surface area contributed by atoms with Crippen LogP contribution in [0.15, 0.2) is 48.5 Å². The molecule has 0 amide bonds. The second-order valence-electron chi connectivity index (χ2n) is 4.26. The first kappa shape index (κ1) is 11.3. The van der Waals surface area contributed by atoms with Crippen molar-refractivity contribution in [3.05, 3.63) is 48.5 Å². The van der Waals surface area contributed by atoms with Crippen molar-refractivity contribution in [1.29, 1.82) is 0 Å². The van der Waals surface area contributed by atoms with Gasteiger partial charge in [-0.25, -0.2) is 0 Å². The van der Waals surface area contributed by atoms with E-state index in [0.717, 1.165) is 11.2 Å². The largest absolute Gasteiger partial charge is 0.503 e. The van der Waals surface area contributed by atoms with E-state index in [2.05, 4.69) is 4.98 Å². The second kappa shape index (κ2) is 3.73. The van der Waals surface area contributed by atoms with Gasteiger partial charge in [-0.15, -0.1) is 8.42 Å². The molecule has 0 N–H and O–H groups in total. The van der Waals surface area contributed by atoms with Gasteiger partial charge in [-0.05, 0) is 24.3 Å². The molecule has 4 rings (SSSR count). The van der Waals surface area contributed by atoms with E-state index >= 15 is 0 Å². The van der Waals surface area contributed by atoms with Crippen molar-refractivity contribution in [2.24, 2.45) is 0 Å². The lowest BCUT2D eigenvalue weighted by atomic mass is 10.2. The van der Waals surface area contributed by atoms with Crippen molar-refractivity contribution in [1.82, 2.24) is 9.55 Å². The van der Waals surface area contributed by atoms with E-state index < -0.39 is 10.4 Å². The van der Waals surface area contributed by atoms with Gasteiger partial charge in [0.1, 0.15) is 5.52 Å². The van der Waals surface area contributed by atoms with Gasteiger partial charge in [0.25, 0.3) is 0 Å². The van der Waals surface area contributed by atoms with Gasteiger partial charge in [-0.3, -0.25) is 4.57 Å². The zero-order chi connectivity index (χ0) is 13.7. The van der Waals surface area contributed by atoms with Gasteiger partial charge in [0.2, 0.25) is 0 Å². The fraction of sp³-hybridized carbons (Fsp3) is 0. The Morgan fingerprint density at radius 1 is 0.950 bits per heavy atom. The Hall–Kier alpha value is -2.54. The van der Waals surface area contributed by atoms with Crippen molar-refractivity contribution >= 4 is 21.4 Å². The number of aromatic nitrogens is 2. The Morgan fingerprint density at radius 3 is 2.55 bits per heavy atom. The van der Waals surface area contributed by atoms with Gasteiger partial charge in [0.05, 0.1) is 11.2 Å². The number of fused-ring (bicyclic) bond motifs is 1. The molecule has 0 aliphatic carbocycles. The number of hydrogen-bond acceptors (Lipinski definition) is 5. The Balaban J connectivity index is 2.12. The maximum atomic E-state index is 11.7. The van der Waals surface area contributed by atoms with Gasteiger partial charge in [0.15, 0.2) is 5.75 Å². The molecule has 6 nitrogen and oxygen atoms in total. The molecule has 3 aromatic rings. The molecule has 1 aliphatic heterocycles. The highest BCUT2D eigenvalue weighted by Crippen LogP contribution is 2.35. The van der Waals surface area contributed by atoms with Crippen LogP contribution in [-0.2, 0) is 10.4 Å². The lowest BCUT2D eigenvalue weighted by Crippen LogP contribution is -2.18. The Morgan fingerprint density at radius 2 is 1.75 bits per heavy atom. The summed E-state index contributed by atoms with van der Waals surface area (Å²) in [6, 6.07) is 14.3. The predicted octanol–water partition coefficient (Wildman–Crippen LogP) is 2.04. The van der Waals surface area contributed by atoms with Crippen molar-refractivity contribution < 1.29 is 16.8 Å². The summed E-state index contributed by atoms with van der Waals surface area (Å²) in [6.07, 6.45) is 0. The summed E-state index contributed by atoms with van der Waals surface area (Å²) in [5.74, 6) is 0.163. The minimum absolute atomic E-state index is 0.0313. The molecule has 0 saturated carbocycles. The first-order valence-electron chi connectivity index (χ1n) is 5.85. The highest BCUT2D eigenvalue weighted by atomic mass is 32.3. The molecule has 1 aromatic heterocycles. The third kappa shape index (κ3) is 1.56. The van der Waals surface area contributed by atoms with Crippen LogP contribution in [0.25, 0.3) is 16.7 Å². The van der Waals surface area contributed by atoms with Crippen molar-refractivity contribution in [3.8, 4) is 17.4 Å². The molecule has 0 spiro atoms. The van der Waals surface area contributed by atoms with Crippen LogP contribution >= 0.6 is 0 Å². The van der Waals surface area contributed by atoms with E-state index in [1.54, 1.807) is 16.7 Å². The van der Waals surface area contributed by atoms with Crippen LogP contribution in [0.1, 0.15) is 0 Å². The molecule has 7 heteroatoms. The van der Waals surface area contributed by atoms with E-state index in [4.69, 9.17) is 8.37 Å². The zero-order valence-electron chi connectivity index (χ0n) is 10.1. The number of benzene rings is 2. The molecule has 0 unspecified atom stereocenters. The van der Waals surface area contributed by atoms with Crippen molar-refractivity contribution in [3.63, 3.8) is 0 Å². The van der Waals surface area contributed by atoms with Crippen LogP contribution in [0.2, 0.25) is 0 Å². The molecule has 0 radical (unpaired) electrons. The SMILES string of the molecule is O=S1(=O)Oc2cccc3c2nc(n3-c2ccccc2)O1. The van der Waals surface area contributed by atoms with Gasteiger partial charge >= 0.3 is 16.4 Å². The molecule has 0 fully saturated rings. The lowest BCUT2D eigenvalue weighted by Gasteiger charge is -2.12. The van der Waals surface area contributed by atoms with Crippen LogP contribution in [-0.4, -0.2) is 18.0 Å². The van der Waals surface area contributed by atoms with Crippen LogP contribution in [0, 0.1) is 0 Å². The van der Waals surface area contributed by atoms with Crippen LogP contribution < -0.4 is 8.37 Å². The smallest absolute Gasteiger partial charge is 0.350 e. The van der Waals surface area contributed by atoms with Crippen molar-refractivity contribution in [2.45, 2.75) is 0 Å². The molecular formula is C13H8N2O4S. The van der Waals surface area contributed by atoms with Gasteiger partial charge in [-0.2, -0.15) is 4.98 Å². The molecule has 0 atom stereocenters. The highest BCUT2D eigenvalue weighted by Gasteiger charge is 2.28. The minimum Gasteiger partial charge on any atom is -0.350 e. The first-order chi connectivity index (χ1) is 9.64. The summed E-state index contributed by atoms with van der Waals surface area (Å²) in [6.45, 7) is 0. The summed E-state index contributed by atoms with van der Waals surface area (Å²) in [4.78, 5) is 4.20. The van der Waals surface area contributed by atoms with Gasteiger partial charge < -0.3 is 8.37 Å². The standard InChI is InChI=1S/C13H8N2O4S/c16-20(17)18-11-8-4-7-10-12(11)14-13(19-20)15(10)9-5-2-1-3-6-9/h1-8H. The predicted molar refractivity (Wildman–Crippen MR) is 71.2 cm³/mol. The average molecular weight is 288 g/mol.